The Morgan fingerprint density at radius 3 is 2.40 bits per heavy atom. The number of aromatic amines is 1. The highest BCUT2D eigenvalue weighted by molar-refractivity contribution is 7.90. The van der Waals surface area contributed by atoms with E-state index in [0.717, 1.165) is 23.1 Å². The van der Waals surface area contributed by atoms with Crippen LogP contribution in [0.2, 0.25) is 0 Å². The number of nitrogens with one attached hydrogen (secondary N) is 5. The third-order valence-electron chi connectivity index (χ3n) is 7.99. The molecule has 1 aliphatic rings. The summed E-state index contributed by atoms with van der Waals surface area (Å²) < 4.78 is 35.2. The SMILES string of the molecule is Cc1c(C)c(S(=O)(=O)NC(=N)NCCC[C@H](NC(=O)c2ccc(-c3ccccc3)[nH]c2=O)C(=O)O)c(C)c2c1OC(C)(C)CC2. The third-order valence-corrected chi connectivity index (χ3v) is 9.61. The number of H-pyrrole nitrogens is 1. The molecular formula is C32H39N5O7S. The van der Waals surface area contributed by atoms with Gasteiger partial charge in [0, 0.05) is 12.2 Å². The van der Waals surface area contributed by atoms with Gasteiger partial charge in [0.15, 0.2) is 0 Å². The Morgan fingerprint density at radius 2 is 1.76 bits per heavy atom. The number of fused-ring (bicyclic) bond motifs is 1. The van der Waals surface area contributed by atoms with Gasteiger partial charge in [0.1, 0.15) is 23.0 Å². The molecule has 0 fully saturated rings. The zero-order valence-corrected chi connectivity index (χ0v) is 26.8. The van der Waals surface area contributed by atoms with Crippen LogP contribution in [0.25, 0.3) is 11.3 Å². The summed E-state index contributed by atoms with van der Waals surface area (Å²) in [6, 6.07) is 10.7. The fraction of sp³-hybridized carbons (Fsp3) is 0.375. The summed E-state index contributed by atoms with van der Waals surface area (Å²) in [5.41, 5.74) is 2.73. The highest BCUT2D eigenvalue weighted by atomic mass is 32.2. The number of carbonyl (C=O) groups is 2. The Kier molecular flexibility index (Phi) is 9.71. The molecule has 3 aromatic rings. The van der Waals surface area contributed by atoms with Crippen LogP contribution in [0.4, 0.5) is 0 Å². The molecule has 13 heteroatoms. The van der Waals surface area contributed by atoms with Gasteiger partial charge in [-0.1, -0.05) is 30.3 Å². The predicted octanol–water partition coefficient (Wildman–Crippen LogP) is 3.54. The molecule has 2 heterocycles. The second-order valence-corrected chi connectivity index (χ2v) is 13.4. The smallest absolute Gasteiger partial charge is 0.326 e. The zero-order chi connectivity index (χ0) is 33.1. The topological polar surface area (TPSA) is 191 Å². The minimum Gasteiger partial charge on any atom is -0.487 e. The first-order chi connectivity index (χ1) is 21.1. The minimum atomic E-state index is -4.12. The summed E-state index contributed by atoms with van der Waals surface area (Å²) >= 11 is 0. The molecule has 4 rings (SSSR count). The number of amides is 1. The molecule has 12 nitrogen and oxygen atoms in total. The second-order valence-electron chi connectivity index (χ2n) is 11.8. The Hall–Kier alpha value is -4.65. The van der Waals surface area contributed by atoms with Crippen molar-refractivity contribution in [3.05, 3.63) is 80.6 Å². The van der Waals surface area contributed by atoms with Crippen LogP contribution in [0.15, 0.2) is 52.2 Å². The molecule has 240 valence electrons. The van der Waals surface area contributed by atoms with Crippen LogP contribution in [-0.2, 0) is 21.2 Å². The van der Waals surface area contributed by atoms with E-state index in [0.29, 0.717) is 29.0 Å². The average Bonchev–Trinajstić information content (AvgIpc) is 2.96. The van der Waals surface area contributed by atoms with Crippen molar-refractivity contribution in [3.63, 3.8) is 0 Å². The molecule has 1 aromatic heterocycles. The molecule has 0 bridgehead atoms. The Balaban J connectivity index is 1.34. The molecule has 0 radical (unpaired) electrons. The summed E-state index contributed by atoms with van der Waals surface area (Å²) in [4.78, 5) is 39.9. The maximum Gasteiger partial charge on any atom is 0.326 e. The number of hydrogen-bond acceptors (Lipinski definition) is 7. The van der Waals surface area contributed by atoms with E-state index >= 15 is 0 Å². The molecule has 6 N–H and O–H groups in total. The molecule has 0 spiro atoms. The largest absolute Gasteiger partial charge is 0.487 e. The van der Waals surface area contributed by atoms with Crippen molar-refractivity contribution in [2.75, 3.05) is 6.54 Å². The normalized spacial score (nSPS) is 14.4. The van der Waals surface area contributed by atoms with Gasteiger partial charge in [-0.05, 0) is 100 Å². The van der Waals surface area contributed by atoms with Gasteiger partial charge < -0.3 is 25.5 Å². The van der Waals surface area contributed by atoms with Gasteiger partial charge >= 0.3 is 5.97 Å². The molecule has 0 unspecified atom stereocenters. The summed E-state index contributed by atoms with van der Waals surface area (Å²) in [7, 11) is -4.12. The van der Waals surface area contributed by atoms with E-state index in [-0.39, 0.29) is 35.4 Å². The first kappa shape index (κ1) is 33.2. The Morgan fingerprint density at radius 1 is 1.07 bits per heavy atom. The van der Waals surface area contributed by atoms with Crippen LogP contribution in [0.1, 0.15) is 65.7 Å². The molecule has 1 atom stereocenters. The first-order valence-corrected chi connectivity index (χ1v) is 16.1. The molecule has 1 aliphatic heterocycles. The number of benzene rings is 2. The van der Waals surface area contributed by atoms with Crippen LogP contribution in [0, 0.1) is 26.2 Å². The minimum absolute atomic E-state index is 0.0350. The highest BCUT2D eigenvalue weighted by Crippen LogP contribution is 2.42. The maximum absolute atomic E-state index is 13.4. The highest BCUT2D eigenvalue weighted by Gasteiger charge is 2.33. The molecule has 0 saturated heterocycles. The van der Waals surface area contributed by atoms with E-state index in [1.807, 2.05) is 39.0 Å². The number of carboxylic acid groups (broad SMARTS) is 1. The summed E-state index contributed by atoms with van der Waals surface area (Å²) in [5, 5.41) is 22.8. The number of rotatable bonds is 10. The summed E-state index contributed by atoms with van der Waals surface area (Å²) in [6.45, 7) is 9.33. The molecular weight excluding hydrogens is 598 g/mol. The van der Waals surface area contributed by atoms with Gasteiger partial charge in [0.2, 0.25) is 5.96 Å². The van der Waals surface area contributed by atoms with E-state index in [4.69, 9.17) is 10.1 Å². The lowest BCUT2D eigenvalue weighted by atomic mass is 9.88. The summed E-state index contributed by atoms with van der Waals surface area (Å²) in [5.74, 6) is -1.89. The number of hydrogen-bond donors (Lipinski definition) is 6. The number of carbonyl (C=O) groups excluding carboxylic acids is 1. The van der Waals surface area contributed by atoms with Crippen molar-refractivity contribution in [1.29, 1.82) is 5.41 Å². The quantitative estimate of drug-likeness (QED) is 0.110. The van der Waals surface area contributed by atoms with Gasteiger partial charge in [-0.2, -0.15) is 0 Å². The molecule has 0 saturated carbocycles. The van der Waals surface area contributed by atoms with E-state index in [1.54, 1.807) is 32.0 Å². The Bertz CT molecular complexity index is 1800. The van der Waals surface area contributed by atoms with E-state index in [1.165, 1.54) is 6.07 Å². The van der Waals surface area contributed by atoms with Crippen LogP contribution in [0.3, 0.4) is 0 Å². The number of aromatic nitrogens is 1. The van der Waals surface area contributed by atoms with Crippen molar-refractivity contribution in [2.45, 2.75) is 76.8 Å². The third kappa shape index (κ3) is 7.54. The molecule has 2 aromatic carbocycles. The van der Waals surface area contributed by atoms with Gasteiger partial charge in [-0.25, -0.2) is 17.9 Å². The van der Waals surface area contributed by atoms with E-state index in [2.05, 4.69) is 20.3 Å². The van der Waals surface area contributed by atoms with Crippen LogP contribution < -0.4 is 25.7 Å². The van der Waals surface area contributed by atoms with Crippen LogP contribution >= 0.6 is 0 Å². The number of pyridine rings is 1. The van der Waals surface area contributed by atoms with E-state index in [9.17, 15) is 27.9 Å². The Labute approximate surface area is 262 Å². The van der Waals surface area contributed by atoms with Crippen molar-refractivity contribution < 1.29 is 27.9 Å². The monoisotopic (exact) mass is 637 g/mol. The zero-order valence-electron chi connectivity index (χ0n) is 26.0. The van der Waals surface area contributed by atoms with Gasteiger partial charge in [0.05, 0.1) is 4.90 Å². The fourth-order valence-corrected chi connectivity index (χ4v) is 6.95. The first-order valence-electron chi connectivity index (χ1n) is 14.6. The summed E-state index contributed by atoms with van der Waals surface area (Å²) in [6.07, 6.45) is 1.55. The lowest BCUT2D eigenvalue weighted by molar-refractivity contribution is -0.139. The standard InChI is InChI=1S/C32H39N5O7S/c1-18-19(2)27(20(3)22-15-16-32(4,5)44-26(18)22)45(42,43)37-31(33)34-17-9-12-25(30(40)41)36-29(39)23-13-14-24(35-28(23)38)21-10-7-6-8-11-21/h6-8,10-11,13-14,25H,9,12,15-17H2,1-5H3,(H,35,38)(H,36,39)(H,40,41)(H3,33,34,37)/t25-/m0/s1. The van der Waals surface area contributed by atoms with E-state index < -0.39 is 39.5 Å². The number of carboxylic acids is 1. The van der Waals surface area contributed by atoms with Crippen molar-refractivity contribution in [2.24, 2.45) is 0 Å². The second kappa shape index (κ2) is 13.1. The number of sulfonamides is 1. The molecule has 45 heavy (non-hydrogen) atoms. The van der Waals surface area contributed by atoms with Crippen LogP contribution in [0.5, 0.6) is 5.75 Å². The number of guanidine groups is 1. The molecule has 1 amide bonds. The maximum atomic E-state index is 13.4. The van der Waals surface area contributed by atoms with Gasteiger partial charge in [0.25, 0.3) is 21.5 Å². The van der Waals surface area contributed by atoms with Crippen molar-refractivity contribution in [1.82, 2.24) is 20.3 Å². The average molecular weight is 638 g/mol. The van der Waals surface area contributed by atoms with Crippen molar-refractivity contribution in [3.8, 4) is 17.0 Å². The predicted molar refractivity (Wildman–Crippen MR) is 170 cm³/mol. The van der Waals surface area contributed by atoms with Gasteiger partial charge in [-0.15, -0.1) is 0 Å². The van der Waals surface area contributed by atoms with Crippen LogP contribution in [-0.4, -0.2) is 54.5 Å². The number of ether oxygens (including phenoxy) is 1. The van der Waals surface area contributed by atoms with Crippen molar-refractivity contribution >= 4 is 27.9 Å². The lowest BCUT2D eigenvalue weighted by Crippen LogP contribution is -2.44. The van der Waals surface area contributed by atoms with Gasteiger partial charge in [-0.3, -0.25) is 15.0 Å². The fourth-order valence-electron chi connectivity index (χ4n) is 5.42. The molecule has 0 aliphatic carbocycles. The number of aliphatic carboxylic acids is 1. The lowest BCUT2D eigenvalue weighted by Gasteiger charge is -2.35.